The first-order chi connectivity index (χ1) is 9.41. The molecule has 1 amide bonds. The maximum absolute atomic E-state index is 12.4. The summed E-state index contributed by atoms with van der Waals surface area (Å²) in [7, 11) is 0. The molecule has 1 aromatic heterocycles. The molecule has 2 heterocycles. The van der Waals surface area contributed by atoms with Crippen LogP contribution in [0.25, 0.3) is 0 Å². The van der Waals surface area contributed by atoms with Crippen LogP contribution in [0.3, 0.4) is 0 Å². The Kier molecular flexibility index (Phi) is 4.32. The van der Waals surface area contributed by atoms with Gasteiger partial charge in [0, 0.05) is 38.6 Å². The molecular weight excluding hydrogens is 297 g/mol. The summed E-state index contributed by atoms with van der Waals surface area (Å²) in [6, 6.07) is 0. The Balaban J connectivity index is 1.99. The number of rotatable bonds is 2. The van der Waals surface area contributed by atoms with E-state index in [1.165, 1.54) is 0 Å². The summed E-state index contributed by atoms with van der Waals surface area (Å²) >= 11 is 5.46. The minimum absolute atomic E-state index is 0.0726. The first-order valence-electron chi connectivity index (χ1n) is 5.89. The number of aromatic nitrogens is 2. The van der Waals surface area contributed by atoms with Gasteiger partial charge < -0.3 is 9.80 Å². The van der Waals surface area contributed by atoms with Gasteiger partial charge in [-0.1, -0.05) is 0 Å². The third kappa shape index (κ3) is 3.30. The Morgan fingerprint density at radius 2 is 1.75 bits per heavy atom. The summed E-state index contributed by atoms with van der Waals surface area (Å²) in [5.74, 6) is 0.00664. The molecule has 0 bridgehead atoms. The molecule has 0 spiro atoms. The third-order valence-electron chi connectivity index (χ3n) is 3.00. The maximum Gasteiger partial charge on any atom is 0.419 e. The Bertz CT molecular complexity index is 472. The van der Waals surface area contributed by atoms with Crippen molar-refractivity contribution >= 4 is 23.5 Å². The van der Waals surface area contributed by atoms with Crippen LogP contribution in [0.2, 0.25) is 0 Å². The molecule has 9 heteroatoms. The van der Waals surface area contributed by atoms with E-state index in [1.54, 1.807) is 9.80 Å². The molecule has 1 saturated heterocycles. The average molecular weight is 309 g/mol. The fourth-order valence-electron chi connectivity index (χ4n) is 1.87. The zero-order valence-electron chi connectivity index (χ0n) is 10.4. The van der Waals surface area contributed by atoms with Gasteiger partial charge in [-0.3, -0.25) is 4.79 Å². The average Bonchev–Trinajstić information content (AvgIpc) is 2.46. The van der Waals surface area contributed by atoms with Gasteiger partial charge in [0.2, 0.25) is 11.9 Å². The minimum Gasteiger partial charge on any atom is -0.338 e. The largest absolute Gasteiger partial charge is 0.419 e. The SMILES string of the molecule is O=C(CCl)N1CCN(c2ncc(C(F)(F)F)cn2)CC1. The van der Waals surface area contributed by atoms with Crippen LogP contribution in [0.5, 0.6) is 0 Å². The molecule has 0 saturated carbocycles. The van der Waals surface area contributed by atoms with Crippen molar-refractivity contribution in [2.75, 3.05) is 37.0 Å². The molecule has 0 N–H and O–H groups in total. The molecule has 0 unspecified atom stereocenters. The molecule has 0 aliphatic carbocycles. The van der Waals surface area contributed by atoms with Gasteiger partial charge in [-0.2, -0.15) is 13.2 Å². The first kappa shape index (κ1) is 14.8. The molecule has 1 fully saturated rings. The topological polar surface area (TPSA) is 49.3 Å². The monoisotopic (exact) mass is 308 g/mol. The normalized spacial score (nSPS) is 16.4. The van der Waals surface area contributed by atoms with E-state index >= 15 is 0 Å². The lowest BCUT2D eigenvalue weighted by Gasteiger charge is -2.34. The lowest BCUT2D eigenvalue weighted by molar-refractivity contribution is -0.138. The number of nitrogens with zero attached hydrogens (tertiary/aromatic N) is 4. The number of piperazine rings is 1. The second-order valence-corrected chi connectivity index (χ2v) is 4.54. The number of hydrogen-bond acceptors (Lipinski definition) is 4. The van der Waals surface area contributed by atoms with E-state index in [-0.39, 0.29) is 17.7 Å². The van der Waals surface area contributed by atoms with Gasteiger partial charge in [-0.15, -0.1) is 11.6 Å². The second-order valence-electron chi connectivity index (χ2n) is 4.27. The third-order valence-corrected chi connectivity index (χ3v) is 3.22. The van der Waals surface area contributed by atoms with Gasteiger partial charge in [-0.25, -0.2) is 9.97 Å². The fourth-order valence-corrected chi connectivity index (χ4v) is 2.04. The predicted molar refractivity (Wildman–Crippen MR) is 66.5 cm³/mol. The molecule has 0 aromatic carbocycles. The number of halogens is 4. The summed E-state index contributed by atoms with van der Waals surface area (Å²) in [5, 5.41) is 0. The highest BCUT2D eigenvalue weighted by molar-refractivity contribution is 6.27. The lowest BCUT2D eigenvalue weighted by atomic mass is 10.3. The molecule has 1 aliphatic heterocycles. The van der Waals surface area contributed by atoms with Crippen molar-refractivity contribution in [3.63, 3.8) is 0 Å². The lowest BCUT2D eigenvalue weighted by Crippen LogP contribution is -2.49. The fraction of sp³-hybridized carbons (Fsp3) is 0.545. The molecule has 1 aliphatic rings. The van der Waals surface area contributed by atoms with Crippen LogP contribution in [-0.2, 0) is 11.0 Å². The zero-order valence-corrected chi connectivity index (χ0v) is 11.2. The second kappa shape index (κ2) is 5.82. The molecule has 1 aromatic rings. The summed E-state index contributed by atoms with van der Waals surface area (Å²) in [4.78, 5) is 22.2. The molecular formula is C11H12ClF3N4O. The molecule has 110 valence electrons. The van der Waals surface area contributed by atoms with Crippen molar-refractivity contribution in [2.45, 2.75) is 6.18 Å². The first-order valence-corrected chi connectivity index (χ1v) is 6.43. The Labute approximate surface area is 118 Å². The summed E-state index contributed by atoms with van der Waals surface area (Å²) in [5.41, 5.74) is -0.878. The van der Waals surface area contributed by atoms with Crippen LogP contribution in [0.1, 0.15) is 5.56 Å². The smallest absolute Gasteiger partial charge is 0.338 e. The number of carbonyl (C=O) groups excluding carboxylic acids is 1. The Morgan fingerprint density at radius 1 is 1.20 bits per heavy atom. The van der Waals surface area contributed by atoms with Gasteiger partial charge in [0.25, 0.3) is 0 Å². The summed E-state index contributed by atoms with van der Waals surface area (Å²) < 4.78 is 37.2. The van der Waals surface area contributed by atoms with E-state index in [1.807, 2.05) is 0 Å². The number of hydrogen-bond donors (Lipinski definition) is 0. The van der Waals surface area contributed by atoms with Crippen molar-refractivity contribution in [2.24, 2.45) is 0 Å². The van der Waals surface area contributed by atoms with Gasteiger partial charge in [0.05, 0.1) is 5.56 Å². The van der Waals surface area contributed by atoms with Crippen molar-refractivity contribution in [3.8, 4) is 0 Å². The Morgan fingerprint density at radius 3 is 2.20 bits per heavy atom. The quantitative estimate of drug-likeness (QED) is 0.775. The zero-order chi connectivity index (χ0) is 14.8. The summed E-state index contributed by atoms with van der Waals surface area (Å²) in [6.07, 6.45) is -2.92. The minimum atomic E-state index is -4.44. The number of anilines is 1. The van der Waals surface area contributed by atoms with Crippen molar-refractivity contribution in [3.05, 3.63) is 18.0 Å². The summed E-state index contributed by atoms with van der Waals surface area (Å²) in [6.45, 7) is 1.84. The van der Waals surface area contributed by atoms with E-state index in [4.69, 9.17) is 11.6 Å². The van der Waals surface area contributed by atoms with Crippen LogP contribution in [0.15, 0.2) is 12.4 Å². The highest BCUT2D eigenvalue weighted by Gasteiger charge is 2.31. The van der Waals surface area contributed by atoms with E-state index < -0.39 is 11.7 Å². The van der Waals surface area contributed by atoms with Crippen molar-refractivity contribution in [1.82, 2.24) is 14.9 Å². The maximum atomic E-state index is 12.4. The van der Waals surface area contributed by atoms with Crippen LogP contribution in [-0.4, -0.2) is 52.8 Å². The van der Waals surface area contributed by atoms with E-state index in [0.717, 1.165) is 12.4 Å². The van der Waals surface area contributed by atoms with Crippen LogP contribution >= 0.6 is 11.6 Å². The van der Waals surface area contributed by atoms with Gasteiger partial charge in [0.1, 0.15) is 5.88 Å². The van der Waals surface area contributed by atoms with E-state index in [9.17, 15) is 18.0 Å². The van der Waals surface area contributed by atoms with Crippen LogP contribution in [0.4, 0.5) is 19.1 Å². The van der Waals surface area contributed by atoms with Crippen LogP contribution < -0.4 is 4.90 Å². The highest BCUT2D eigenvalue weighted by atomic mass is 35.5. The van der Waals surface area contributed by atoms with Crippen molar-refractivity contribution in [1.29, 1.82) is 0 Å². The van der Waals surface area contributed by atoms with Crippen LogP contribution in [0, 0.1) is 0 Å². The number of alkyl halides is 4. The van der Waals surface area contributed by atoms with Crippen molar-refractivity contribution < 1.29 is 18.0 Å². The van der Waals surface area contributed by atoms with Gasteiger partial charge in [-0.05, 0) is 0 Å². The highest BCUT2D eigenvalue weighted by Crippen LogP contribution is 2.28. The van der Waals surface area contributed by atoms with Gasteiger partial charge in [0.15, 0.2) is 0 Å². The van der Waals surface area contributed by atoms with Gasteiger partial charge >= 0.3 is 6.18 Å². The molecule has 5 nitrogen and oxygen atoms in total. The van der Waals surface area contributed by atoms with E-state index in [0.29, 0.717) is 26.2 Å². The molecule has 2 rings (SSSR count). The number of carbonyl (C=O) groups is 1. The molecule has 20 heavy (non-hydrogen) atoms. The van der Waals surface area contributed by atoms with E-state index in [2.05, 4.69) is 9.97 Å². The molecule has 0 radical (unpaired) electrons. The predicted octanol–water partition coefficient (Wildman–Crippen LogP) is 1.38. The standard InChI is InChI=1S/C11H12ClF3N4O/c12-5-9(20)18-1-3-19(4-2-18)10-16-6-8(7-17-10)11(13,14)15/h6-7H,1-5H2. The molecule has 0 atom stereocenters. The Hall–Kier alpha value is -1.57. The number of amides is 1.